The van der Waals surface area contributed by atoms with Crippen LogP contribution in [-0.4, -0.2) is 21.5 Å². The van der Waals surface area contributed by atoms with Gasteiger partial charge in [-0.15, -0.1) is 0 Å². The van der Waals surface area contributed by atoms with Crippen LogP contribution in [0.15, 0.2) is 42.7 Å². The zero-order valence-corrected chi connectivity index (χ0v) is 13.9. The lowest BCUT2D eigenvalue weighted by Crippen LogP contribution is -2.19. The molecule has 2 N–H and O–H groups in total. The van der Waals surface area contributed by atoms with E-state index in [4.69, 9.17) is 23.2 Å². The van der Waals surface area contributed by atoms with Crippen LogP contribution in [0.3, 0.4) is 0 Å². The number of fused-ring (bicyclic) bond motifs is 1. The van der Waals surface area contributed by atoms with Gasteiger partial charge in [0.1, 0.15) is 18.0 Å². The van der Waals surface area contributed by atoms with E-state index in [-0.39, 0.29) is 5.02 Å². The number of benzene rings is 2. The third-order valence-corrected chi connectivity index (χ3v) is 3.77. The van der Waals surface area contributed by atoms with Gasteiger partial charge >= 0.3 is 0 Å². The second-order valence-electron chi connectivity index (χ2n) is 5.00. The molecule has 5 nitrogen and oxygen atoms in total. The van der Waals surface area contributed by atoms with Gasteiger partial charge in [-0.2, -0.15) is 0 Å². The fourth-order valence-electron chi connectivity index (χ4n) is 2.14. The van der Waals surface area contributed by atoms with Crippen molar-refractivity contribution in [3.63, 3.8) is 0 Å². The highest BCUT2D eigenvalue weighted by Gasteiger charge is 2.14. The first-order valence-corrected chi connectivity index (χ1v) is 7.81. The molecule has 3 aromatic rings. The van der Waals surface area contributed by atoms with Crippen LogP contribution in [0, 0.1) is 5.82 Å². The van der Waals surface area contributed by atoms with Crippen molar-refractivity contribution in [1.82, 2.24) is 9.97 Å². The van der Waals surface area contributed by atoms with E-state index in [1.165, 1.54) is 24.5 Å². The lowest BCUT2D eigenvalue weighted by molar-refractivity contribution is -0.118. The number of amides is 1. The quantitative estimate of drug-likeness (QED) is 0.645. The van der Waals surface area contributed by atoms with Crippen LogP contribution in [-0.2, 0) is 4.79 Å². The Bertz CT molecular complexity index is 953. The number of carbonyl (C=O) groups is 1. The molecule has 9 heteroatoms. The normalized spacial score (nSPS) is 12.0. The Labute approximate surface area is 151 Å². The van der Waals surface area contributed by atoms with Crippen LogP contribution in [0.5, 0.6) is 0 Å². The molecule has 1 aromatic heterocycles. The van der Waals surface area contributed by atoms with Crippen LogP contribution in [0.2, 0.25) is 5.02 Å². The molecule has 25 heavy (non-hydrogen) atoms. The van der Waals surface area contributed by atoms with Crippen LogP contribution in [0.1, 0.15) is 0 Å². The molecular formula is C16H10Cl2F2N4O. The highest BCUT2D eigenvalue weighted by Crippen LogP contribution is 2.27. The smallest absolute Gasteiger partial charge is 0.274 e. The highest BCUT2D eigenvalue weighted by atomic mass is 35.5. The molecule has 1 heterocycles. The second-order valence-corrected chi connectivity index (χ2v) is 5.79. The van der Waals surface area contributed by atoms with Crippen molar-refractivity contribution in [2.45, 2.75) is 5.63 Å². The van der Waals surface area contributed by atoms with E-state index in [1.807, 2.05) is 0 Å². The summed E-state index contributed by atoms with van der Waals surface area (Å²) in [4.78, 5) is 19.6. The van der Waals surface area contributed by atoms with E-state index in [9.17, 15) is 13.6 Å². The van der Waals surface area contributed by atoms with Gasteiger partial charge in [-0.25, -0.2) is 18.7 Å². The first-order valence-electron chi connectivity index (χ1n) is 7.00. The first kappa shape index (κ1) is 17.3. The lowest BCUT2D eigenvalue weighted by atomic mass is 10.2. The molecule has 3 rings (SSSR count). The molecule has 0 spiro atoms. The van der Waals surface area contributed by atoms with Crippen LogP contribution < -0.4 is 10.6 Å². The number of nitrogens with zero attached hydrogens (tertiary/aromatic N) is 2. The predicted octanol–water partition coefficient (Wildman–Crippen LogP) is 4.64. The van der Waals surface area contributed by atoms with Crippen molar-refractivity contribution < 1.29 is 13.6 Å². The van der Waals surface area contributed by atoms with Gasteiger partial charge < -0.3 is 10.6 Å². The summed E-state index contributed by atoms with van der Waals surface area (Å²) in [6.07, 6.45) is 1.35. The maximum absolute atomic E-state index is 13.3. The van der Waals surface area contributed by atoms with E-state index >= 15 is 0 Å². The molecule has 0 aliphatic rings. The zero-order valence-electron chi connectivity index (χ0n) is 12.4. The number of anilines is 3. The highest BCUT2D eigenvalue weighted by molar-refractivity contribution is 6.31. The van der Waals surface area contributed by atoms with Gasteiger partial charge in [0.05, 0.1) is 10.5 Å². The van der Waals surface area contributed by atoms with Crippen LogP contribution in [0.25, 0.3) is 10.9 Å². The molecule has 0 bridgehead atoms. The zero-order chi connectivity index (χ0) is 18.0. The predicted molar refractivity (Wildman–Crippen MR) is 93.6 cm³/mol. The molecule has 2 aromatic carbocycles. The van der Waals surface area contributed by atoms with E-state index in [0.29, 0.717) is 28.1 Å². The number of rotatable bonds is 4. The standard InChI is InChI=1S/C16H10Cl2F2N4O/c17-11-6-9(1-3-12(11)19)23-15-10-5-8(24-16(25)14(18)20)2-4-13(10)21-7-22-15/h1-7,14H,(H,24,25)(H,21,22,23). The molecule has 128 valence electrons. The third kappa shape index (κ3) is 3.94. The summed E-state index contributed by atoms with van der Waals surface area (Å²) in [5, 5.41) is 5.87. The molecule has 0 aliphatic heterocycles. The maximum Gasteiger partial charge on any atom is 0.274 e. The topological polar surface area (TPSA) is 66.9 Å². The van der Waals surface area contributed by atoms with E-state index < -0.39 is 17.4 Å². The molecule has 0 fully saturated rings. The molecule has 0 saturated heterocycles. The minimum atomic E-state index is -2.15. The number of carbonyl (C=O) groups excluding carboxylic acids is 1. The van der Waals surface area contributed by atoms with Crippen molar-refractivity contribution in [3.05, 3.63) is 53.6 Å². The fraction of sp³-hybridized carbons (Fsp3) is 0.0625. The summed E-state index contributed by atoms with van der Waals surface area (Å²) < 4.78 is 26.1. The van der Waals surface area contributed by atoms with Crippen molar-refractivity contribution >= 4 is 57.2 Å². The second kappa shape index (κ2) is 7.16. The molecule has 0 saturated carbocycles. The van der Waals surface area contributed by atoms with Gasteiger partial charge in [0.15, 0.2) is 0 Å². The Kier molecular flexibility index (Phi) is 4.96. The summed E-state index contributed by atoms with van der Waals surface area (Å²) in [5.41, 5.74) is -0.714. The molecule has 1 atom stereocenters. The number of alkyl halides is 2. The third-order valence-electron chi connectivity index (χ3n) is 3.28. The van der Waals surface area contributed by atoms with Gasteiger partial charge in [0.25, 0.3) is 11.5 Å². The minimum Gasteiger partial charge on any atom is -0.340 e. The van der Waals surface area contributed by atoms with Crippen LogP contribution >= 0.6 is 23.2 Å². The average Bonchev–Trinajstić information content (AvgIpc) is 2.58. The SMILES string of the molecule is O=C(Nc1ccc2ncnc(Nc3ccc(F)c(Cl)c3)c2c1)C(F)Cl. The lowest BCUT2D eigenvalue weighted by Gasteiger charge is -2.11. The van der Waals surface area contributed by atoms with Gasteiger partial charge in [0, 0.05) is 16.8 Å². The Hall–Kier alpha value is -2.51. The Morgan fingerprint density at radius 3 is 2.60 bits per heavy atom. The van der Waals surface area contributed by atoms with Crippen LogP contribution in [0.4, 0.5) is 26.0 Å². The number of nitrogens with one attached hydrogen (secondary N) is 2. The van der Waals surface area contributed by atoms with Gasteiger partial charge in [-0.1, -0.05) is 23.2 Å². The molecule has 0 radical (unpaired) electrons. The van der Waals surface area contributed by atoms with E-state index in [2.05, 4.69) is 20.6 Å². The summed E-state index contributed by atoms with van der Waals surface area (Å²) in [6.45, 7) is 0. The number of hydrogen-bond donors (Lipinski definition) is 2. The van der Waals surface area contributed by atoms with E-state index in [0.717, 1.165) is 0 Å². The largest absolute Gasteiger partial charge is 0.340 e. The van der Waals surface area contributed by atoms with Crippen molar-refractivity contribution in [1.29, 1.82) is 0 Å². The van der Waals surface area contributed by atoms with Gasteiger partial charge in [-0.3, -0.25) is 4.79 Å². The summed E-state index contributed by atoms with van der Waals surface area (Å²) >= 11 is 10.9. The van der Waals surface area contributed by atoms with Crippen molar-refractivity contribution in [2.75, 3.05) is 10.6 Å². The van der Waals surface area contributed by atoms with Gasteiger partial charge in [0.2, 0.25) is 0 Å². The Morgan fingerprint density at radius 1 is 1.12 bits per heavy atom. The summed E-state index contributed by atoms with van der Waals surface area (Å²) in [5.74, 6) is -1.10. The van der Waals surface area contributed by atoms with E-state index in [1.54, 1.807) is 18.2 Å². The van der Waals surface area contributed by atoms with Crippen molar-refractivity contribution in [3.8, 4) is 0 Å². The summed E-state index contributed by atoms with van der Waals surface area (Å²) in [6, 6.07) is 8.91. The summed E-state index contributed by atoms with van der Waals surface area (Å²) in [7, 11) is 0. The van der Waals surface area contributed by atoms with Gasteiger partial charge in [-0.05, 0) is 36.4 Å². The molecular weight excluding hydrogens is 373 g/mol. The number of halogens is 4. The minimum absolute atomic E-state index is 0.0348. The fourth-order valence-corrected chi connectivity index (χ4v) is 2.38. The monoisotopic (exact) mass is 382 g/mol. The Balaban J connectivity index is 1.96. The molecule has 0 aliphatic carbocycles. The number of aromatic nitrogens is 2. The van der Waals surface area contributed by atoms with Crippen molar-refractivity contribution in [2.24, 2.45) is 0 Å². The maximum atomic E-state index is 13.3. The first-order chi connectivity index (χ1) is 11.9. The Morgan fingerprint density at radius 2 is 1.88 bits per heavy atom. The number of hydrogen-bond acceptors (Lipinski definition) is 4. The molecule has 1 amide bonds. The average molecular weight is 383 g/mol. The molecule has 1 unspecified atom stereocenters.